The number of aromatic nitrogens is 7. The second kappa shape index (κ2) is 7.55. The zero-order valence-electron chi connectivity index (χ0n) is 16.4. The lowest BCUT2D eigenvalue weighted by atomic mass is 10.1. The van der Waals surface area contributed by atoms with E-state index in [1.54, 1.807) is 12.1 Å². The number of alkyl halides is 3. The molecule has 4 aromatic rings. The molecule has 0 aliphatic heterocycles. The van der Waals surface area contributed by atoms with Crippen LogP contribution in [0.5, 0.6) is 0 Å². The number of amides is 1. The zero-order chi connectivity index (χ0) is 22.3. The molecule has 162 valence electrons. The van der Waals surface area contributed by atoms with Crippen LogP contribution in [-0.4, -0.2) is 40.6 Å². The highest BCUT2D eigenvalue weighted by molar-refractivity contribution is 6.03. The first-order valence-electron chi connectivity index (χ1n) is 9.66. The maximum absolute atomic E-state index is 13.1. The number of benzene rings is 1. The van der Waals surface area contributed by atoms with Crippen LogP contribution in [0, 0.1) is 0 Å². The molecule has 3 heterocycles. The van der Waals surface area contributed by atoms with Gasteiger partial charge >= 0.3 is 6.18 Å². The molecule has 1 fully saturated rings. The minimum absolute atomic E-state index is 0.00751. The van der Waals surface area contributed by atoms with Gasteiger partial charge < -0.3 is 5.32 Å². The summed E-state index contributed by atoms with van der Waals surface area (Å²) < 4.78 is 42.2. The van der Waals surface area contributed by atoms with E-state index in [1.807, 2.05) is 0 Å². The van der Waals surface area contributed by atoms with Gasteiger partial charge in [0, 0.05) is 5.92 Å². The smallest absolute Gasteiger partial charge is 0.319 e. The van der Waals surface area contributed by atoms with Gasteiger partial charge in [0.1, 0.15) is 12.7 Å². The van der Waals surface area contributed by atoms with Gasteiger partial charge in [-0.2, -0.15) is 18.3 Å². The van der Waals surface area contributed by atoms with Gasteiger partial charge in [-0.1, -0.05) is 11.3 Å². The minimum atomic E-state index is -4.48. The largest absolute Gasteiger partial charge is 0.416 e. The summed E-state index contributed by atoms with van der Waals surface area (Å²) in [6, 6.07) is 8.10. The molecule has 0 spiro atoms. The number of hydrogen-bond donors (Lipinski definition) is 1. The van der Waals surface area contributed by atoms with E-state index in [0.29, 0.717) is 17.2 Å². The molecular weight excluding hydrogens is 425 g/mol. The van der Waals surface area contributed by atoms with E-state index in [0.717, 1.165) is 25.0 Å². The monoisotopic (exact) mass is 440 g/mol. The molecule has 1 amide bonds. The molecule has 3 aromatic heterocycles. The summed E-state index contributed by atoms with van der Waals surface area (Å²) in [6.45, 7) is 0. The summed E-state index contributed by atoms with van der Waals surface area (Å²) >= 11 is 0. The maximum Gasteiger partial charge on any atom is 0.416 e. The Morgan fingerprint density at radius 1 is 1.16 bits per heavy atom. The summed E-state index contributed by atoms with van der Waals surface area (Å²) in [7, 11) is 0. The van der Waals surface area contributed by atoms with Crippen LogP contribution < -0.4 is 5.32 Å². The lowest BCUT2D eigenvalue weighted by Gasteiger charge is -2.11. The third kappa shape index (κ3) is 3.82. The molecule has 9 nitrogen and oxygen atoms in total. The van der Waals surface area contributed by atoms with Crippen molar-refractivity contribution in [3.63, 3.8) is 0 Å². The first-order valence-corrected chi connectivity index (χ1v) is 9.66. The van der Waals surface area contributed by atoms with Crippen molar-refractivity contribution in [2.24, 2.45) is 0 Å². The average molecular weight is 440 g/mol. The topological polar surface area (TPSA) is 103 Å². The van der Waals surface area contributed by atoms with E-state index in [2.05, 4.69) is 30.7 Å². The number of nitrogens with one attached hydrogen (secondary N) is 1. The predicted octanol–water partition coefficient (Wildman–Crippen LogP) is 3.39. The second-order valence-electron chi connectivity index (χ2n) is 7.26. The fourth-order valence-electron chi connectivity index (χ4n) is 3.29. The van der Waals surface area contributed by atoms with E-state index < -0.39 is 17.6 Å². The molecule has 1 aromatic carbocycles. The van der Waals surface area contributed by atoms with Crippen molar-refractivity contribution in [2.45, 2.75) is 24.9 Å². The van der Waals surface area contributed by atoms with Gasteiger partial charge in [-0.05, 0) is 43.2 Å². The Kier molecular flexibility index (Phi) is 4.68. The molecule has 1 saturated carbocycles. The molecule has 0 saturated heterocycles. The molecule has 0 radical (unpaired) electrons. The van der Waals surface area contributed by atoms with E-state index >= 15 is 0 Å². The number of halogens is 3. The van der Waals surface area contributed by atoms with Crippen LogP contribution in [-0.2, 0) is 6.18 Å². The van der Waals surface area contributed by atoms with Crippen LogP contribution in [0.15, 0.2) is 55.2 Å². The zero-order valence-corrected chi connectivity index (χ0v) is 16.4. The molecule has 1 aliphatic carbocycles. The van der Waals surface area contributed by atoms with Gasteiger partial charge in [-0.3, -0.25) is 4.79 Å². The number of rotatable bonds is 5. The Labute approximate surface area is 178 Å². The van der Waals surface area contributed by atoms with E-state index in [4.69, 9.17) is 0 Å². The van der Waals surface area contributed by atoms with Crippen LogP contribution in [0.4, 0.5) is 18.9 Å². The molecule has 1 N–H and O–H groups in total. The van der Waals surface area contributed by atoms with Gasteiger partial charge in [0.25, 0.3) is 5.91 Å². The third-order valence-corrected chi connectivity index (χ3v) is 4.96. The quantitative estimate of drug-likeness (QED) is 0.510. The normalized spacial score (nSPS) is 13.8. The summed E-state index contributed by atoms with van der Waals surface area (Å²) in [6.07, 6.45) is 1.46. The van der Waals surface area contributed by atoms with Crippen LogP contribution in [0.2, 0.25) is 0 Å². The Bertz CT molecular complexity index is 1260. The number of pyridine rings is 1. The van der Waals surface area contributed by atoms with Gasteiger partial charge in [-0.15, -0.1) is 5.10 Å². The lowest BCUT2D eigenvalue weighted by molar-refractivity contribution is -0.137. The first-order chi connectivity index (χ1) is 15.4. The molecule has 12 heteroatoms. The molecule has 32 heavy (non-hydrogen) atoms. The van der Waals surface area contributed by atoms with Crippen LogP contribution in [0.1, 0.15) is 40.5 Å². The average Bonchev–Trinajstić information content (AvgIpc) is 3.28. The highest BCUT2D eigenvalue weighted by atomic mass is 19.4. The first kappa shape index (κ1) is 19.8. The highest BCUT2D eigenvalue weighted by Crippen LogP contribution is 2.42. The Hall–Kier alpha value is -4.09. The van der Waals surface area contributed by atoms with Gasteiger partial charge in [0.05, 0.1) is 28.8 Å². The van der Waals surface area contributed by atoms with Gasteiger partial charge in [-0.25, -0.2) is 19.3 Å². The Morgan fingerprint density at radius 2 is 2.00 bits per heavy atom. The molecule has 0 atom stereocenters. The van der Waals surface area contributed by atoms with Crippen molar-refractivity contribution in [3.05, 3.63) is 72.2 Å². The predicted molar refractivity (Wildman–Crippen MR) is 105 cm³/mol. The molecular formula is C20H15F3N8O. The molecule has 0 unspecified atom stereocenters. The summed E-state index contributed by atoms with van der Waals surface area (Å²) in [4.78, 5) is 21.0. The van der Waals surface area contributed by atoms with Crippen molar-refractivity contribution in [2.75, 3.05) is 5.32 Å². The lowest BCUT2D eigenvalue weighted by Crippen LogP contribution is -2.15. The van der Waals surface area contributed by atoms with E-state index in [1.165, 1.54) is 40.3 Å². The minimum Gasteiger partial charge on any atom is -0.319 e. The van der Waals surface area contributed by atoms with Crippen molar-refractivity contribution in [1.29, 1.82) is 0 Å². The van der Waals surface area contributed by atoms with Crippen molar-refractivity contribution < 1.29 is 18.0 Å². The number of carbonyl (C=O) groups excluding carboxylic acids is 1. The fourth-order valence-corrected chi connectivity index (χ4v) is 3.29. The molecule has 1 aliphatic rings. The van der Waals surface area contributed by atoms with E-state index in [9.17, 15) is 18.0 Å². The molecule has 0 bridgehead atoms. The van der Waals surface area contributed by atoms with Gasteiger partial charge in [0.15, 0.2) is 11.5 Å². The fraction of sp³-hybridized carbons (Fsp3) is 0.200. The Balaban J connectivity index is 1.42. The number of hydrogen-bond acceptors (Lipinski definition) is 6. The van der Waals surface area contributed by atoms with Gasteiger partial charge in [0.2, 0.25) is 0 Å². The number of anilines is 1. The number of nitrogens with zero attached hydrogens (tertiary/aromatic N) is 7. The third-order valence-electron chi connectivity index (χ3n) is 4.96. The van der Waals surface area contributed by atoms with Crippen molar-refractivity contribution >= 4 is 11.6 Å². The number of carbonyl (C=O) groups is 1. The molecule has 5 rings (SSSR count). The van der Waals surface area contributed by atoms with E-state index in [-0.39, 0.29) is 17.3 Å². The SMILES string of the molecule is O=C(Nc1ccc(-n2cncn2)nc1)c1nnn(-c2cccc(C(F)(F)F)c2)c1C1CC1. The van der Waals surface area contributed by atoms with Crippen LogP contribution in [0.3, 0.4) is 0 Å². The maximum atomic E-state index is 13.1. The van der Waals surface area contributed by atoms with Crippen molar-refractivity contribution in [3.8, 4) is 11.5 Å². The second-order valence-corrected chi connectivity index (χ2v) is 7.26. The Morgan fingerprint density at radius 3 is 2.66 bits per heavy atom. The standard InChI is InChI=1S/C20H15F3N8O/c21-20(22,23)13-2-1-3-15(8-13)31-18(12-4-5-12)17(28-29-31)19(32)27-14-6-7-16(25-9-14)30-11-24-10-26-30/h1-3,6-12H,4-5H2,(H,27,32). The van der Waals surface area contributed by atoms with Crippen LogP contribution >= 0.6 is 0 Å². The summed E-state index contributed by atoms with van der Waals surface area (Å²) in [5.41, 5.74) is 0.400. The summed E-state index contributed by atoms with van der Waals surface area (Å²) in [5.74, 6) is 0.0169. The van der Waals surface area contributed by atoms with Crippen molar-refractivity contribution in [1.82, 2.24) is 34.7 Å². The van der Waals surface area contributed by atoms with Crippen LogP contribution in [0.25, 0.3) is 11.5 Å². The summed E-state index contributed by atoms with van der Waals surface area (Å²) in [5, 5.41) is 14.7. The highest BCUT2D eigenvalue weighted by Gasteiger charge is 2.35.